The van der Waals surface area contributed by atoms with Gasteiger partial charge in [0.2, 0.25) is 11.8 Å². The zero-order valence-electron chi connectivity index (χ0n) is 12.5. The fraction of sp³-hybridized carbons (Fsp3) is 0.222. The van der Waals surface area contributed by atoms with Crippen LogP contribution >= 0.6 is 0 Å². The molecule has 4 heteroatoms. The Hall–Kier alpha value is -2.62. The summed E-state index contributed by atoms with van der Waals surface area (Å²) in [6.07, 6.45) is 0.306. The number of amides is 2. The summed E-state index contributed by atoms with van der Waals surface area (Å²) in [6.45, 7) is 1.98. The molecule has 0 aromatic heterocycles. The molecule has 0 heterocycles. The van der Waals surface area contributed by atoms with Gasteiger partial charge in [0, 0.05) is 6.42 Å². The number of primary amides is 1. The topological polar surface area (TPSA) is 72.2 Å². The van der Waals surface area contributed by atoms with Crippen molar-refractivity contribution < 1.29 is 9.59 Å². The van der Waals surface area contributed by atoms with Gasteiger partial charge >= 0.3 is 0 Å². The summed E-state index contributed by atoms with van der Waals surface area (Å²) in [5.74, 6) is -0.679. The van der Waals surface area contributed by atoms with Gasteiger partial charge in [-0.1, -0.05) is 67.6 Å². The van der Waals surface area contributed by atoms with Crippen molar-refractivity contribution in [3.05, 3.63) is 71.8 Å². The SMILES string of the molecule is CC(CC(=O)NC(C(N)=O)c1ccccc1)c1ccccc1. The molecule has 2 aromatic carbocycles. The molecule has 0 aliphatic carbocycles. The molecule has 4 nitrogen and oxygen atoms in total. The maximum absolute atomic E-state index is 12.2. The van der Waals surface area contributed by atoms with Gasteiger partial charge in [-0.2, -0.15) is 0 Å². The number of carbonyl (C=O) groups excluding carboxylic acids is 2. The van der Waals surface area contributed by atoms with E-state index in [1.54, 1.807) is 12.1 Å². The lowest BCUT2D eigenvalue weighted by Crippen LogP contribution is -2.37. The molecule has 3 N–H and O–H groups in total. The van der Waals surface area contributed by atoms with E-state index in [0.717, 1.165) is 5.56 Å². The van der Waals surface area contributed by atoms with Gasteiger partial charge in [-0.15, -0.1) is 0 Å². The smallest absolute Gasteiger partial charge is 0.244 e. The van der Waals surface area contributed by atoms with E-state index in [4.69, 9.17) is 5.73 Å². The van der Waals surface area contributed by atoms with Crippen molar-refractivity contribution >= 4 is 11.8 Å². The maximum Gasteiger partial charge on any atom is 0.244 e. The van der Waals surface area contributed by atoms with Crippen molar-refractivity contribution in [1.29, 1.82) is 0 Å². The average Bonchev–Trinajstić information content (AvgIpc) is 2.54. The van der Waals surface area contributed by atoms with Gasteiger partial charge in [0.05, 0.1) is 0 Å². The van der Waals surface area contributed by atoms with Crippen LogP contribution in [0.2, 0.25) is 0 Å². The van der Waals surface area contributed by atoms with E-state index in [1.807, 2.05) is 55.5 Å². The second-order valence-corrected chi connectivity index (χ2v) is 5.33. The Kier molecular flexibility index (Phi) is 5.31. The number of nitrogens with two attached hydrogens (primary N) is 1. The minimum Gasteiger partial charge on any atom is -0.368 e. The van der Waals surface area contributed by atoms with Gasteiger partial charge < -0.3 is 11.1 Å². The molecule has 0 saturated heterocycles. The molecule has 2 unspecified atom stereocenters. The number of carbonyl (C=O) groups is 2. The Morgan fingerprint density at radius 3 is 1.95 bits per heavy atom. The van der Waals surface area contributed by atoms with Crippen molar-refractivity contribution in [1.82, 2.24) is 5.32 Å². The van der Waals surface area contributed by atoms with Gasteiger partial charge in [0.1, 0.15) is 6.04 Å². The van der Waals surface area contributed by atoms with Crippen molar-refractivity contribution in [3.63, 3.8) is 0 Å². The van der Waals surface area contributed by atoms with Crippen LogP contribution in [0.3, 0.4) is 0 Å². The summed E-state index contributed by atoms with van der Waals surface area (Å²) < 4.78 is 0. The molecular formula is C18H20N2O2. The van der Waals surface area contributed by atoms with Crippen molar-refractivity contribution in [2.24, 2.45) is 5.73 Å². The molecule has 0 saturated carbocycles. The molecule has 2 aromatic rings. The summed E-state index contributed by atoms with van der Waals surface area (Å²) in [4.78, 5) is 23.8. The summed E-state index contributed by atoms with van der Waals surface area (Å²) in [5, 5.41) is 2.72. The standard InChI is InChI=1S/C18H20N2O2/c1-13(14-8-4-2-5-9-14)12-16(21)20-17(18(19)22)15-10-6-3-7-11-15/h2-11,13,17H,12H2,1H3,(H2,19,22)(H,20,21). The Bertz CT molecular complexity index is 626. The normalized spacial score (nSPS) is 13.1. The predicted molar refractivity (Wildman–Crippen MR) is 86.0 cm³/mol. The molecule has 2 rings (SSSR count). The zero-order chi connectivity index (χ0) is 15.9. The minimum atomic E-state index is -0.795. The molecule has 0 bridgehead atoms. The Morgan fingerprint density at radius 1 is 0.955 bits per heavy atom. The van der Waals surface area contributed by atoms with Crippen LogP contribution in [0.1, 0.15) is 36.4 Å². The third kappa shape index (κ3) is 4.19. The molecule has 0 radical (unpaired) electrons. The van der Waals surface area contributed by atoms with Gasteiger partial charge in [0.25, 0.3) is 0 Å². The highest BCUT2D eigenvalue weighted by atomic mass is 16.2. The molecule has 0 aliphatic heterocycles. The first-order valence-electron chi connectivity index (χ1n) is 7.26. The highest BCUT2D eigenvalue weighted by molar-refractivity contribution is 5.87. The van der Waals surface area contributed by atoms with Crippen LogP contribution < -0.4 is 11.1 Å². The van der Waals surface area contributed by atoms with Crippen LogP contribution in [0.4, 0.5) is 0 Å². The van der Waals surface area contributed by atoms with E-state index in [9.17, 15) is 9.59 Å². The van der Waals surface area contributed by atoms with Gasteiger partial charge in [-0.25, -0.2) is 0 Å². The largest absolute Gasteiger partial charge is 0.368 e. The minimum absolute atomic E-state index is 0.0745. The van der Waals surface area contributed by atoms with E-state index in [0.29, 0.717) is 12.0 Å². The maximum atomic E-state index is 12.2. The monoisotopic (exact) mass is 296 g/mol. The van der Waals surface area contributed by atoms with Gasteiger partial charge in [-0.3, -0.25) is 9.59 Å². The van der Waals surface area contributed by atoms with Crippen molar-refractivity contribution in [3.8, 4) is 0 Å². The van der Waals surface area contributed by atoms with Crippen molar-refractivity contribution in [2.45, 2.75) is 25.3 Å². The molecular weight excluding hydrogens is 276 g/mol. The van der Waals surface area contributed by atoms with Crippen LogP contribution in [0, 0.1) is 0 Å². The van der Waals surface area contributed by atoms with Crippen LogP contribution in [-0.4, -0.2) is 11.8 Å². The quantitative estimate of drug-likeness (QED) is 0.859. The molecule has 0 aliphatic rings. The number of rotatable bonds is 6. The number of hydrogen-bond donors (Lipinski definition) is 2. The van der Waals surface area contributed by atoms with E-state index >= 15 is 0 Å². The number of hydrogen-bond acceptors (Lipinski definition) is 2. The van der Waals surface area contributed by atoms with E-state index in [2.05, 4.69) is 5.32 Å². The summed E-state index contributed by atoms with van der Waals surface area (Å²) >= 11 is 0. The van der Waals surface area contributed by atoms with Gasteiger partial charge in [-0.05, 0) is 17.0 Å². The summed E-state index contributed by atoms with van der Waals surface area (Å²) in [6, 6.07) is 18.0. The van der Waals surface area contributed by atoms with Crippen LogP contribution in [0.5, 0.6) is 0 Å². The Balaban J connectivity index is 2.02. The average molecular weight is 296 g/mol. The highest BCUT2D eigenvalue weighted by Gasteiger charge is 2.21. The highest BCUT2D eigenvalue weighted by Crippen LogP contribution is 2.19. The third-order valence-electron chi connectivity index (χ3n) is 3.58. The lowest BCUT2D eigenvalue weighted by molar-refractivity contribution is -0.127. The Morgan fingerprint density at radius 2 is 1.45 bits per heavy atom. The number of nitrogens with one attached hydrogen (secondary N) is 1. The molecule has 2 atom stereocenters. The fourth-order valence-corrected chi connectivity index (χ4v) is 2.36. The molecule has 0 fully saturated rings. The first-order chi connectivity index (χ1) is 10.6. The molecule has 114 valence electrons. The van der Waals surface area contributed by atoms with Crippen molar-refractivity contribution in [2.75, 3.05) is 0 Å². The van der Waals surface area contributed by atoms with Crippen LogP contribution in [0.15, 0.2) is 60.7 Å². The second-order valence-electron chi connectivity index (χ2n) is 5.33. The van der Waals surface area contributed by atoms with Gasteiger partial charge in [0.15, 0.2) is 0 Å². The summed E-state index contributed by atoms with van der Waals surface area (Å²) in [5.41, 5.74) is 7.19. The van der Waals surface area contributed by atoms with Crippen LogP contribution in [-0.2, 0) is 9.59 Å². The Labute approximate surface area is 130 Å². The fourth-order valence-electron chi connectivity index (χ4n) is 2.36. The number of benzene rings is 2. The zero-order valence-corrected chi connectivity index (χ0v) is 12.5. The second kappa shape index (κ2) is 7.41. The van der Waals surface area contributed by atoms with E-state index < -0.39 is 11.9 Å². The third-order valence-corrected chi connectivity index (χ3v) is 3.58. The van der Waals surface area contributed by atoms with E-state index in [1.165, 1.54) is 0 Å². The molecule has 22 heavy (non-hydrogen) atoms. The molecule has 2 amide bonds. The van der Waals surface area contributed by atoms with Crippen LogP contribution in [0.25, 0.3) is 0 Å². The predicted octanol–water partition coefficient (Wildman–Crippen LogP) is 2.52. The first kappa shape index (κ1) is 15.8. The summed E-state index contributed by atoms with van der Waals surface area (Å²) in [7, 11) is 0. The van der Waals surface area contributed by atoms with E-state index in [-0.39, 0.29) is 11.8 Å². The lowest BCUT2D eigenvalue weighted by Gasteiger charge is -2.18. The first-order valence-corrected chi connectivity index (χ1v) is 7.26. The molecule has 0 spiro atoms. The lowest BCUT2D eigenvalue weighted by atomic mass is 9.97.